The summed E-state index contributed by atoms with van der Waals surface area (Å²) in [5, 5.41) is 21.3. The summed E-state index contributed by atoms with van der Waals surface area (Å²) in [6.45, 7) is 1.86. The van der Waals surface area contributed by atoms with Crippen molar-refractivity contribution in [3.05, 3.63) is 34.6 Å². The number of halogens is 1. The number of nitrogens with zero attached hydrogens (tertiary/aromatic N) is 4. The molecule has 2 fully saturated rings. The first-order valence-corrected chi connectivity index (χ1v) is 9.94. The first-order chi connectivity index (χ1) is 12.6. The Kier molecular flexibility index (Phi) is 4.63. The molecule has 0 bridgehead atoms. The number of hydrogen-bond acceptors (Lipinski definition) is 5. The zero-order valence-corrected chi connectivity index (χ0v) is 15.8. The van der Waals surface area contributed by atoms with Crippen molar-refractivity contribution in [1.82, 2.24) is 14.8 Å². The van der Waals surface area contributed by atoms with E-state index in [4.69, 9.17) is 16.9 Å². The van der Waals surface area contributed by atoms with E-state index in [9.17, 15) is 4.79 Å². The summed E-state index contributed by atoms with van der Waals surface area (Å²) in [6.07, 6.45) is 4.70. The minimum atomic E-state index is -0.321. The van der Waals surface area contributed by atoms with Crippen LogP contribution in [-0.2, 0) is 4.79 Å². The zero-order chi connectivity index (χ0) is 18.3. The molecule has 0 aliphatic heterocycles. The third kappa shape index (κ3) is 3.57. The molecule has 8 heteroatoms. The van der Waals surface area contributed by atoms with Crippen LogP contribution in [-0.4, -0.2) is 25.9 Å². The number of carbonyl (C=O) groups excluding carboxylic acids is 1. The van der Waals surface area contributed by atoms with Gasteiger partial charge < -0.3 is 9.88 Å². The average Bonchev–Trinajstić information content (AvgIpc) is 3.54. The fourth-order valence-electron chi connectivity index (χ4n) is 2.80. The number of anilines is 1. The molecular weight excluding hydrogens is 370 g/mol. The molecule has 2 aliphatic carbocycles. The Balaban J connectivity index is 1.45. The van der Waals surface area contributed by atoms with Crippen molar-refractivity contribution in [2.75, 3.05) is 5.32 Å². The van der Waals surface area contributed by atoms with Crippen LogP contribution in [0.4, 0.5) is 5.69 Å². The lowest BCUT2D eigenvalue weighted by Crippen LogP contribution is -2.23. The van der Waals surface area contributed by atoms with E-state index in [-0.39, 0.29) is 11.2 Å². The van der Waals surface area contributed by atoms with Crippen LogP contribution >= 0.6 is 23.4 Å². The van der Waals surface area contributed by atoms with E-state index in [0.717, 1.165) is 23.8 Å². The Bertz CT molecular complexity index is 897. The minimum Gasteiger partial charge on any atom is -0.325 e. The van der Waals surface area contributed by atoms with Gasteiger partial charge in [-0.2, -0.15) is 5.26 Å². The molecule has 0 saturated heterocycles. The van der Waals surface area contributed by atoms with Crippen LogP contribution in [0.2, 0.25) is 5.02 Å². The predicted molar refractivity (Wildman–Crippen MR) is 100 cm³/mol. The smallest absolute Gasteiger partial charge is 0.237 e. The molecule has 1 heterocycles. The van der Waals surface area contributed by atoms with Gasteiger partial charge >= 0.3 is 0 Å². The maximum atomic E-state index is 12.5. The summed E-state index contributed by atoms with van der Waals surface area (Å²) in [5.74, 6) is 1.50. The SMILES string of the molecule is C[C@H](Sc1nnc(C2CC2)n1C1CC1)C(=O)Nc1ccc(C#N)c(Cl)c1. The highest BCUT2D eigenvalue weighted by molar-refractivity contribution is 8.00. The topological polar surface area (TPSA) is 83.6 Å². The summed E-state index contributed by atoms with van der Waals surface area (Å²) in [7, 11) is 0. The van der Waals surface area contributed by atoms with Crippen LogP contribution in [0.1, 0.15) is 56.0 Å². The van der Waals surface area contributed by atoms with Crippen molar-refractivity contribution in [2.24, 2.45) is 0 Å². The van der Waals surface area contributed by atoms with E-state index in [1.165, 1.54) is 24.6 Å². The molecular formula is C18H18ClN5OS. The van der Waals surface area contributed by atoms with Gasteiger partial charge in [0.1, 0.15) is 11.9 Å². The highest BCUT2D eigenvalue weighted by Crippen LogP contribution is 2.46. The maximum absolute atomic E-state index is 12.5. The van der Waals surface area contributed by atoms with Gasteiger partial charge in [-0.25, -0.2) is 0 Å². The predicted octanol–water partition coefficient (Wildman–Crippen LogP) is 4.13. The number of rotatable bonds is 6. The number of amides is 1. The molecule has 2 aromatic rings. The van der Waals surface area contributed by atoms with E-state index in [2.05, 4.69) is 20.1 Å². The molecule has 2 aliphatic rings. The van der Waals surface area contributed by atoms with Crippen molar-refractivity contribution in [3.63, 3.8) is 0 Å². The Morgan fingerprint density at radius 1 is 1.38 bits per heavy atom. The largest absolute Gasteiger partial charge is 0.325 e. The van der Waals surface area contributed by atoms with Crippen molar-refractivity contribution < 1.29 is 4.79 Å². The van der Waals surface area contributed by atoms with E-state index >= 15 is 0 Å². The van der Waals surface area contributed by atoms with Gasteiger partial charge in [0.2, 0.25) is 5.91 Å². The van der Waals surface area contributed by atoms with E-state index in [1.807, 2.05) is 13.0 Å². The highest BCUT2D eigenvalue weighted by Gasteiger charge is 2.37. The van der Waals surface area contributed by atoms with Crippen LogP contribution in [0.25, 0.3) is 0 Å². The number of hydrogen-bond donors (Lipinski definition) is 1. The lowest BCUT2D eigenvalue weighted by atomic mass is 10.2. The van der Waals surface area contributed by atoms with E-state index in [0.29, 0.717) is 28.2 Å². The normalized spacial score (nSPS) is 17.6. The third-order valence-corrected chi connectivity index (χ3v) is 5.92. The van der Waals surface area contributed by atoms with Crippen molar-refractivity contribution in [2.45, 2.75) is 55.0 Å². The van der Waals surface area contributed by atoms with Gasteiger partial charge in [0, 0.05) is 17.6 Å². The van der Waals surface area contributed by atoms with Gasteiger partial charge in [0.15, 0.2) is 5.16 Å². The number of nitrogens with one attached hydrogen (secondary N) is 1. The van der Waals surface area contributed by atoms with Crippen LogP contribution < -0.4 is 5.32 Å². The number of aromatic nitrogens is 3. The molecule has 1 aromatic heterocycles. The summed E-state index contributed by atoms with van der Waals surface area (Å²) in [6, 6.07) is 7.37. The van der Waals surface area contributed by atoms with Crippen molar-refractivity contribution in [3.8, 4) is 6.07 Å². The van der Waals surface area contributed by atoms with Gasteiger partial charge in [-0.05, 0) is 50.8 Å². The second kappa shape index (κ2) is 6.93. The Morgan fingerprint density at radius 2 is 2.15 bits per heavy atom. The molecule has 0 unspecified atom stereocenters. The summed E-state index contributed by atoms with van der Waals surface area (Å²) >= 11 is 7.46. The molecule has 1 amide bonds. The highest BCUT2D eigenvalue weighted by atomic mass is 35.5. The first-order valence-electron chi connectivity index (χ1n) is 8.68. The van der Waals surface area contributed by atoms with Gasteiger partial charge in [0.25, 0.3) is 0 Å². The van der Waals surface area contributed by atoms with Gasteiger partial charge in [0.05, 0.1) is 15.8 Å². The molecule has 2 saturated carbocycles. The molecule has 1 aromatic carbocycles. The third-order valence-electron chi connectivity index (χ3n) is 4.55. The second-order valence-electron chi connectivity index (χ2n) is 6.77. The van der Waals surface area contributed by atoms with Crippen molar-refractivity contribution in [1.29, 1.82) is 5.26 Å². The lowest BCUT2D eigenvalue weighted by Gasteiger charge is -2.13. The van der Waals surface area contributed by atoms with Gasteiger partial charge in [-0.3, -0.25) is 4.79 Å². The molecule has 4 rings (SSSR count). The molecule has 6 nitrogen and oxygen atoms in total. The summed E-state index contributed by atoms with van der Waals surface area (Å²) < 4.78 is 2.24. The maximum Gasteiger partial charge on any atom is 0.237 e. The Morgan fingerprint density at radius 3 is 2.77 bits per heavy atom. The molecule has 0 spiro atoms. The average molecular weight is 388 g/mol. The number of nitriles is 1. The zero-order valence-electron chi connectivity index (χ0n) is 14.3. The van der Waals surface area contributed by atoms with E-state index < -0.39 is 0 Å². The van der Waals surface area contributed by atoms with Gasteiger partial charge in [-0.15, -0.1) is 10.2 Å². The Labute approximate surface area is 160 Å². The fraction of sp³-hybridized carbons (Fsp3) is 0.444. The van der Waals surface area contributed by atoms with Crippen LogP contribution in [0.15, 0.2) is 23.4 Å². The molecule has 134 valence electrons. The monoisotopic (exact) mass is 387 g/mol. The number of benzene rings is 1. The molecule has 0 radical (unpaired) electrons. The van der Waals surface area contributed by atoms with Gasteiger partial charge in [-0.1, -0.05) is 23.4 Å². The first kappa shape index (κ1) is 17.4. The standard InChI is InChI=1S/C18H18ClN5OS/c1-10(17(25)21-13-5-4-12(9-20)15(19)8-13)26-18-23-22-16(11-2-3-11)24(18)14-6-7-14/h4-5,8,10-11,14H,2-3,6-7H2,1H3,(H,21,25)/t10-/m0/s1. The Hall–Kier alpha value is -2.04. The summed E-state index contributed by atoms with van der Waals surface area (Å²) in [5.41, 5.74) is 0.964. The number of carbonyl (C=O) groups is 1. The molecule has 1 atom stereocenters. The quantitative estimate of drug-likeness (QED) is 0.753. The second-order valence-corrected chi connectivity index (χ2v) is 8.49. The molecule has 26 heavy (non-hydrogen) atoms. The fourth-order valence-corrected chi connectivity index (χ4v) is 3.95. The van der Waals surface area contributed by atoms with Crippen LogP contribution in [0.5, 0.6) is 0 Å². The van der Waals surface area contributed by atoms with Crippen LogP contribution in [0, 0.1) is 11.3 Å². The number of thioether (sulfide) groups is 1. The van der Waals surface area contributed by atoms with Crippen molar-refractivity contribution >= 4 is 35.0 Å². The van der Waals surface area contributed by atoms with Crippen LogP contribution in [0.3, 0.4) is 0 Å². The van der Waals surface area contributed by atoms with E-state index in [1.54, 1.807) is 18.2 Å². The minimum absolute atomic E-state index is 0.130. The lowest BCUT2D eigenvalue weighted by molar-refractivity contribution is -0.115. The molecule has 1 N–H and O–H groups in total. The summed E-state index contributed by atoms with van der Waals surface area (Å²) in [4.78, 5) is 12.5.